The van der Waals surface area contributed by atoms with Gasteiger partial charge in [0.15, 0.2) is 5.17 Å². The number of nitrogens with one attached hydrogen (secondary N) is 1. The van der Waals surface area contributed by atoms with Crippen molar-refractivity contribution in [1.82, 2.24) is 5.32 Å². The highest BCUT2D eigenvalue weighted by Crippen LogP contribution is 2.21. The van der Waals surface area contributed by atoms with E-state index in [1.54, 1.807) is 25.1 Å². The van der Waals surface area contributed by atoms with Crippen LogP contribution in [0.4, 0.5) is 5.69 Å². The number of hydrogen-bond acceptors (Lipinski definition) is 6. The molecule has 19 heavy (non-hydrogen) atoms. The lowest BCUT2D eigenvalue weighted by atomic mass is 10.1. The molecule has 0 radical (unpaired) electrons. The molecule has 1 saturated heterocycles. The van der Waals surface area contributed by atoms with Gasteiger partial charge in [-0.1, -0.05) is 23.9 Å². The van der Waals surface area contributed by atoms with Gasteiger partial charge in [0.05, 0.1) is 22.5 Å². The molecule has 1 heterocycles. The van der Waals surface area contributed by atoms with Crippen LogP contribution in [0.25, 0.3) is 0 Å². The summed E-state index contributed by atoms with van der Waals surface area (Å²) in [6, 6.07) is 4.96. The van der Waals surface area contributed by atoms with Crippen molar-refractivity contribution in [1.29, 1.82) is 0 Å². The number of hydrogen-bond donors (Lipinski definition) is 1. The number of amidine groups is 1. The monoisotopic (exact) mass is 278 g/mol. The predicted molar refractivity (Wildman–Crippen MR) is 73.5 cm³/mol. The van der Waals surface area contributed by atoms with Crippen molar-refractivity contribution >= 4 is 34.7 Å². The van der Waals surface area contributed by atoms with Gasteiger partial charge in [0.1, 0.15) is 0 Å². The van der Waals surface area contributed by atoms with E-state index in [1.165, 1.54) is 18.0 Å². The first kappa shape index (κ1) is 13.2. The summed E-state index contributed by atoms with van der Waals surface area (Å²) in [4.78, 5) is 21.4. The predicted octanol–water partition coefficient (Wildman–Crippen LogP) is 1.46. The Bertz CT molecular complexity index is 598. The first-order valence-electron chi connectivity index (χ1n) is 5.35. The second kappa shape index (κ2) is 5.61. The van der Waals surface area contributed by atoms with E-state index in [2.05, 4.69) is 15.5 Å². The van der Waals surface area contributed by atoms with Gasteiger partial charge in [0, 0.05) is 5.56 Å². The average Bonchev–Trinajstić information content (AvgIpc) is 2.74. The zero-order valence-corrected chi connectivity index (χ0v) is 10.8. The van der Waals surface area contributed by atoms with Crippen LogP contribution in [0.15, 0.2) is 28.4 Å². The Morgan fingerprint density at radius 2 is 2.32 bits per heavy atom. The molecule has 0 aromatic heterocycles. The van der Waals surface area contributed by atoms with Gasteiger partial charge in [-0.3, -0.25) is 14.9 Å². The maximum absolute atomic E-state index is 11.0. The molecule has 0 aliphatic carbocycles. The molecule has 0 atom stereocenters. The van der Waals surface area contributed by atoms with E-state index < -0.39 is 4.92 Å². The van der Waals surface area contributed by atoms with Gasteiger partial charge in [-0.2, -0.15) is 5.10 Å². The van der Waals surface area contributed by atoms with Crippen LogP contribution in [0.2, 0.25) is 0 Å². The molecule has 1 amide bonds. The summed E-state index contributed by atoms with van der Waals surface area (Å²) in [6.07, 6.45) is 1.31. The summed E-state index contributed by atoms with van der Waals surface area (Å²) in [5, 5.41) is 21.4. The minimum absolute atomic E-state index is 0.00885. The third kappa shape index (κ3) is 3.16. The molecule has 1 aromatic carbocycles. The number of amides is 1. The van der Waals surface area contributed by atoms with Gasteiger partial charge in [0.25, 0.3) is 5.69 Å². The first-order chi connectivity index (χ1) is 9.08. The average molecular weight is 278 g/mol. The zero-order valence-electron chi connectivity index (χ0n) is 9.99. The molecule has 0 spiro atoms. The molecular weight excluding hydrogens is 268 g/mol. The van der Waals surface area contributed by atoms with E-state index in [1.807, 2.05) is 0 Å². The van der Waals surface area contributed by atoms with Crippen molar-refractivity contribution in [3.8, 4) is 0 Å². The number of nitro groups is 1. The van der Waals surface area contributed by atoms with Crippen LogP contribution in [0.1, 0.15) is 11.1 Å². The van der Waals surface area contributed by atoms with Gasteiger partial charge in [0.2, 0.25) is 5.91 Å². The summed E-state index contributed by atoms with van der Waals surface area (Å²) >= 11 is 1.24. The third-order valence-electron chi connectivity index (χ3n) is 2.38. The topological polar surface area (TPSA) is 97.0 Å². The number of para-hydroxylation sites is 1. The highest BCUT2D eigenvalue weighted by atomic mass is 32.2. The Labute approximate surface area is 112 Å². The Hall–Kier alpha value is -2.22. The number of rotatable bonds is 3. The van der Waals surface area contributed by atoms with Crippen molar-refractivity contribution in [2.75, 3.05) is 5.75 Å². The van der Waals surface area contributed by atoms with Crippen molar-refractivity contribution < 1.29 is 9.72 Å². The van der Waals surface area contributed by atoms with Crippen molar-refractivity contribution in [3.05, 3.63) is 39.4 Å². The summed E-state index contributed by atoms with van der Waals surface area (Å²) in [6.45, 7) is 1.66. The fourth-order valence-electron chi connectivity index (χ4n) is 1.56. The SMILES string of the molecule is Cc1cccc(C=NN=C2NC(=O)CS2)c1[N+](=O)[O-]. The fraction of sp³-hybridized carbons (Fsp3) is 0.182. The van der Waals surface area contributed by atoms with E-state index >= 15 is 0 Å². The fourth-order valence-corrected chi connectivity index (χ4v) is 2.19. The molecular formula is C11H10N4O3S. The molecule has 1 aliphatic rings. The first-order valence-corrected chi connectivity index (χ1v) is 6.34. The van der Waals surface area contributed by atoms with Crippen LogP contribution in [-0.4, -0.2) is 28.0 Å². The molecule has 0 unspecified atom stereocenters. The second-order valence-corrected chi connectivity index (χ2v) is 4.72. The lowest BCUT2D eigenvalue weighted by Gasteiger charge is -1.99. The largest absolute Gasteiger partial charge is 0.303 e. The quantitative estimate of drug-likeness (QED) is 0.514. The Kier molecular flexibility index (Phi) is 3.91. The minimum atomic E-state index is -0.448. The molecule has 7 nitrogen and oxygen atoms in total. The second-order valence-electron chi connectivity index (χ2n) is 3.76. The highest BCUT2D eigenvalue weighted by Gasteiger charge is 2.17. The lowest BCUT2D eigenvalue weighted by Crippen LogP contribution is -2.19. The number of thioether (sulfide) groups is 1. The number of carbonyl (C=O) groups excluding carboxylic acids is 1. The van der Waals surface area contributed by atoms with Crippen LogP contribution in [0.5, 0.6) is 0 Å². The molecule has 1 aliphatic heterocycles. The molecule has 1 aromatic rings. The maximum atomic E-state index is 11.0. The van der Waals surface area contributed by atoms with Crippen LogP contribution in [0, 0.1) is 17.0 Å². The number of benzene rings is 1. The van der Waals surface area contributed by atoms with Crippen molar-refractivity contribution in [3.63, 3.8) is 0 Å². The molecule has 98 valence electrons. The Morgan fingerprint density at radius 3 is 2.95 bits per heavy atom. The third-order valence-corrected chi connectivity index (χ3v) is 3.25. The smallest absolute Gasteiger partial charge is 0.281 e. The zero-order chi connectivity index (χ0) is 13.8. The summed E-state index contributed by atoms with van der Waals surface area (Å²) in [5.41, 5.74) is 0.948. The standard InChI is InChI=1S/C11H10N4O3S/c1-7-3-2-4-8(10(7)15(17)18)5-12-14-11-13-9(16)6-19-11/h2-5H,6H2,1H3,(H,13,14,16). The van der Waals surface area contributed by atoms with Crippen LogP contribution in [-0.2, 0) is 4.79 Å². The lowest BCUT2D eigenvalue weighted by molar-refractivity contribution is -0.385. The highest BCUT2D eigenvalue weighted by molar-refractivity contribution is 8.15. The van der Waals surface area contributed by atoms with E-state index in [0.29, 0.717) is 22.0 Å². The Balaban J connectivity index is 2.22. The summed E-state index contributed by atoms with van der Waals surface area (Å²) < 4.78 is 0. The molecule has 0 bridgehead atoms. The van der Waals surface area contributed by atoms with Gasteiger partial charge in [-0.15, -0.1) is 5.10 Å². The van der Waals surface area contributed by atoms with Crippen LogP contribution < -0.4 is 5.32 Å². The summed E-state index contributed by atoms with van der Waals surface area (Å²) in [7, 11) is 0. The molecule has 8 heteroatoms. The van der Waals surface area contributed by atoms with E-state index in [0.717, 1.165) is 0 Å². The van der Waals surface area contributed by atoms with Gasteiger partial charge in [-0.05, 0) is 13.0 Å². The minimum Gasteiger partial charge on any atom is -0.303 e. The number of nitrogens with zero attached hydrogens (tertiary/aromatic N) is 3. The van der Waals surface area contributed by atoms with Gasteiger partial charge < -0.3 is 5.32 Å². The molecule has 1 N–H and O–H groups in total. The van der Waals surface area contributed by atoms with Crippen molar-refractivity contribution in [2.45, 2.75) is 6.92 Å². The molecule has 1 fully saturated rings. The maximum Gasteiger partial charge on any atom is 0.281 e. The number of carbonyl (C=O) groups is 1. The normalized spacial score (nSPS) is 17.1. The van der Waals surface area contributed by atoms with Gasteiger partial charge >= 0.3 is 0 Å². The Morgan fingerprint density at radius 1 is 1.53 bits per heavy atom. The van der Waals surface area contributed by atoms with E-state index in [4.69, 9.17) is 0 Å². The number of nitro benzene ring substituents is 1. The van der Waals surface area contributed by atoms with Crippen molar-refractivity contribution in [2.24, 2.45) is 10.2 Å². The summed E-state index contributed by atoms with van der Waals surface area (Å²) in [5.74, 6) is 0.194. The van der Waals surface area contributed by atoms with Gasteiger partial charge in [-0.25, -0.2) is 0 Å². The van der Waals surface area contributed by atoms with E-state index in [-0.39, 0.29) is 11.6 Å². The molecule has 2 rings (SSSR count). The number of aryl methyl sites for hydroxylation is 1. The van der Waals surface area contributed by atoms with E-state index in [9.17, 15) is 14.9 Å². The van der Waals surface area contributed by atoms with Crippen LogP contribution >= 0.6 is 11.8 Å². The van der Waals surface area contributed by atoms with Crippen LogP contribution in [0.3, 0.4) is 0 Å². The molecule has 0 saturated carbocycles.